The fourth-order valence-electron chi connectivity index (χ4n) is 14.1. The number of aliphatic hydroxyl groups excluding tert-OH is 8. The van der Waals surface area contributed by atoms with Gasteiger partial charge in [-0.3, -0.25) is 0 Å². The Morgan fingerprint density at radius 3 is 2.04 bits per heavy atom. The maximum Gasteiger partial charge on any atom is 0.187 e. The second-order valence-electron chi connectivity index (χ2n) is 21.2. The monoisotopic (exact) mass is 800 g/mol. The first-order valence-corrected chi connectivity index (χ1v) is 21.2. The van der Waals surface area contributed by atoms with Crippen LogP contribution in [0.15, 0.2) is 0 Å². The van der Waals surface area contributed by atoms with Gasteiger partial charge in [0.25, 0.3) is 0 Å². The zero-order valence-electron chi connectivity index (χ0n) is 34.8. The molecule has 14 heteroatoms. The molecule has 3 heterocycles. The maximum atomic E-state index is 12.4. The smallest absolute Gasteiger partial charge is 0.187 e. The highest BCUT2D eigenvalue weighted by molar-refractivity contribution is 5.22. The molecular weight excluding hydrogens is 728 g/mol. The Labute approximate surface area is 331 Å². The van der Waals surface area contributed by atoms with Crippen LogP contribution in [0.1, 0.15) is 114 Å². The molecule has 4 saturated carbocycles. The second kappa shape index (κ2) is 14.5. The molecule has 7 aliphatic rings. The third-order valence-corrected chi connectivity index (χ3v) is 17.3. The minimum absolute atomic E-state index is 0.0557. The van der Waals surface area contributed by atoms with Gasteiger partial charge >= 0.3 is 0 Å². The minimum atomic E-state index is -1.70. The SMILES string of the molecule is C[C@@H]1O[C@@H](O[C@H]2[C@H](O[C@H]3C[C@]4(C)[C@H](C[C@@H](O)[C@H]5[C@@H]([C@]6(C)CC[C@@H](C(C)(C)O)O6)CC[C@]54C)[C@@]4(C)CC[C@H](O)C(C)(C)[C@H]34)O[C@H](CO)[C@@H](O)[C@@H]2O)[C@H](O)[C@H](O)[C@H]1O. The molecule has 0 radical (unpaired) electrons. The molecule has 4 aliphatic carbocycles. The Morgan fingerprint density at radius 2 is 1.41 bits per heavy atom. The van der Waals surface area contributed by atoms with Crippen LogP contribution in [0.2, 0.25) is 0 Å². The number of fused-ring (bicyclic) bond motifs is 5. The van der Waals surface area contributed by atoms with E-state index in [1.807, 2.05) is 0 Å². The van der Waals surface area contributed by atoms with Crippen LogP contribution in [-0.2, 0) is 23.7 Å². The average Bonchev–Trinajstić information content (AvgIpc) is 3.71. The molecule has 9 N–H and O–H groups in total. The molecular formula is C42H72O14. The Morgan fingerprint density at radius 1 is 0.732 bits per heavy atom. The molecule has 22 atom stereocenters. The molecule has 7 rings (SSSR count). The summed E-state index contributed by atoms with van der Waals surface area (Å²) in [5.41, 5.74) is -3.36. The highest BCUT2D eigenvalue weighted by Crippen LogP contribution is 2.76. The van der Waals surface area contributed by atoms with Crippen molar-refractivity contribution in [1.82, 2.24) is 0 Å². The summed E-state index contributed by atoms with van der Waals surface area (Å²) in [6, 6.07) is 0. The van der Waals surface area contributed by atoms with E-state index in [2.05, 4.69) is 41.5 Å². The van der Waals surface area contributed by atoms with E-state index in [0.29, 0.717) is 25.7 Å². The van der Waals surface area contributed by atoms with Gasteiger partial charge < -0.3 is 69.6 Å². The summed E-state index contributed by atoms with van der Waals surface area (Å²) in [7, 11) is 0. The molecule has 3 saturated heterocycles. The number of aliphatic hydroxyl groups is 9. The first-order chi connectivity index (χ1) is 25.9. The van der Waals surface area contributed by atoms with Crippen LogP contribution in [0.5, 0.6) is 0 Å². The van der Waals surface area contributed by atoms with Crippen LogP contribution >= 0.6 is 0 Å². The van der Waals surface area contributed by atoms with Gasteiger partial charge in [0.05, 0.1) is 48.3 Å². The molecule has 0 unspecified atom stereocenters. The fourth-order valence-corrected chi connectivity index (χ4v) is 14.1. The topological polar surface area (TPSA) is 228 Å². The normalized spacial score (nSPS) is 57.3. The Bertz CT molecular complexity index is 1430. The van der Waals surface area contributed by atoms with Gasteiger partial charge in [-0.1, -0.05) is 34.6 Å². The van der Waals surface area contributed by atoms with E-state index >= 15 is 0 Å². The summed E-state index contributed by atoms with van der Waals surface area (Å²) in [5, 5.41) is 99.5. The van der Waals surface area contributed by atoms with E-state index in [9.17, 15) is 46.0 Å². The number of ether oxygens (including phenoxy) is 5. The van der Waals surface area contributed by atoms with Crippen molar-refractivity contribution in [3.63, 3.8) is 0 Å². The third kappa shape index (κ3) is 6.49. The van der Waals surface area contributed by atoms with E-state index in [4.69, 9.17) is 23.7 Å². The van der Waals surface area contributed by atoms with Crippen molar-refractivity contribution >= 4 is 0 Å². The Hall–Kier alpha value is -0.560. The largest absolute Gasteiger partial charge is 0.394 e. The van der Waals surface area contributed by atoms with Gasteiger partial charge in [0.15, 0.2) is 12.6 Å². The van der Waals surface area contributed by atoms with Crippen LogP contribution in [0.3, 0.4) is 0 Å². The second-order valence-corrected chi connectivity index (χ2v) is 21.2. The molecule has 56 heavy (non-hydrogen) atoms. The van der Waals surface area contributed by atoms with Crippen molar-refractivity contribution < 1.29 is 69.6 Å². The number of rotatable bonds is 7. The molecule has 0 aromatic rings. The molecule has 0 aromatic carbocycles. The molecule has 0 amide bonds. The first kappa shape index (κ1) is 43.5. The lowest BCUT2D eigenvalue weighted by Gasteiger charge is -2.72. The maximum absolute atomic E-state index is 12.4. The van der Waals surface area contributed by atoms with Crippen molar-refractivity contribution in [2.75, 3.05) is 6.61 Å². The van der Waals surface area contributed by atoms with E-state index in [0.717, 1.165) is 25.7 Å². The fraction of sp³-hybridized carbons (Fsp3) is 1.00. The Kier molecular flexibility index (Phi) is 11.3. The van der Waals surface area contributed by atoms with E-state index in [1.165, 1.54) is 6.92 Å². The van der Waals surface area contributed by atoms with Crippen LogP contribution < -0.4 is 0 Å². The van der Waals surface area contributed by atoms with Crippen LogP contribution in [0, 0.1) is 45.3 Å². The lowest BCUT2D eigenvalue weighted by atomic mass is 9.34. The van der Waals surface area contributed by atoms with Gasteiger partial charge in [-0.25, -0.2) is 0 Å². The quantitative estimate of drug-likeness (QED) is 0.166. The lowest BCUT2D eigenvalue weighted by molar-refractivity contribution is -0.382. The zero-order valence-corrected chi connectivity index (χ0v) is 34.8. The summed E-state index contributed by atoms with van der Waals surface area (Å²) >= 11 is 0. The summed E-state index contributed by atoms with van der Waals surface area (Å²) < 4.78 is 32.0. The Balaban J connectivity index is 1.26. The highest BCUT2D eigenvalue weighted by Gasteiger charge is 2.74. The van der Waals surface area contributed by atoms with Crippen molar-refractivity contribution in [2.45, 2.75) is 211 Å². The molecule has 0 spiro atoms. The number of hydrogen-bond donors (Lipinski definition) is 9. The zero-order chi connectivity index (χ0) is 41.3. The first-order valence-electron chi connectivity index (χ1n) is 21.2. The van der Waals surface area contributed by atoms with Crippen molar-refractivity contribution in [3.05, 3.63) is 0 Å². The van der Waals surface area contributed by atoms with Gasteiger partial charge in [0.2, 0.25) is 0 Å². The number of hydrogen-bond acceptors (Lipinski definition) is 14. The van der Waals surface area contributed by atoms with Crippen LogP contribution in [0.4, 0.5) is 0 Å². The van der Waals surface area contributed by atoms with Gasteiger partial charge in [-0.05, 0) is 124 Å². The highest BCUT2D eigenvalue weighted by atomic mass is 16.8. The van der Waals surface area contributed by atoms with E-state index in [1.54, 1.807) is 13.8 Å². The predicted molar refractivity (Wildman–Crippen MR) is 200 cm³/mol. The molecule has 0 aromatic heterocycles. The predicted octanol–water partition coefficient (Wildman–Crippen LogP) is 1.36. The van der Waals surface area contributed by atoms with Crippen LogP contribution in [0.25, 0.3) is 0 Å². The van der Waals surface area contributed by atoms with Crippen molar-refractivity contribution in [2.24, 2.45) is 45.3 Å². The van der Waals surface area contributed by atoms with Crippen molar-refractivity contribution in [3.8, 4) is 0 Å². The molecule has 0 bridgehead atoms. The van der Waals surface area contributed by atoms with Gasteiger partial charge in [0.1, 0.15) is 42.7 Å². The summed E-state index contributed by atoms with van der Waals surface area (Å²) in [6.07, 6.45) is -11.0. The van der Waals surface area contributed by atoms with E-state index in [-0.39, 0.29) is 35.2 Å². The lowest BCUT2D eigenvalue weighted by Crippen LogP contribution is -2.71. The summed E-state index contributed by atoms with van der Waals surface area (Å²) in [6.45, 7) is 17.6. The summed E-state index contributed by atoms with van der Waals surface area (Å²) in [4.78, 5) is 0. The van der Waals surface area contributed by atoms with Gasteiger partial charge in [0, 0.05) is 0 Å². The average molecular weight is 801 g/mol. The minimum Gasteiger partial charge on any atom is -0.394 e. The van der Waals surface area contributed by atoms with Crippen molar-refractivity contribution in [1.29, 1.82) is 0 Å². The molecule has 14 nitrogen and oxygen atoms in total. The molecule has 3 aliphatic heterocycles. The van der Waals surface area contributed by atoms with E-state index < -0.39 is 114 Å². The molecule has 7 fully saturated rings. The standard InChI is InChI=1S/C42H72O14/c1-19-28(46)30(48)32(50)35(52-19)55-33-31(49)29(47)23(18-43)54-36(33)53-22-17-41(8)24(39(6)13-11-25(45)37(2,3)34(22)39)16-21(44)27-20(10-14-40(27,41)7)42(9)15-12-26(56-42)38(4,5)51/h19-36,43-51H,10-18H2,1-9H3/t19-,20-,21+,22-,23+,24+,25-,26-,27+,28-,29+,30+,31-,32+,33+,34-,35-,36+,39+,40+,41+,42-/m0/s1. The van der Waals surface area contributed by atoms with Gasteiger partial charge in [-0.15, -0.1) is 0 Å². The van der Waals surface area contributed by atoms with Gasteiger partial charge in [-0.2, -0.15) is 0 Å². The molecule has 324 valence electrons. The third-order valence-electron chi connectivity index (χ3n) is 17.3. The summed E-state index contributed by atoms with van der Waals surface area (Å²) in [5.74, 6) is -0.246. The van der Waals surface area contributed by atoms with Crippen LogP contribution in [-0.4, -0.2) is 150 Å².